The molecule has 0 saturated carbocycles. The summed E-state index contributed by atoms with van der Waals surface area (Å²) in [7, 11) is 0. The number of nitrogens with one attached hydrogen (secondary N) is 2. The Morgan fingerprint density at radius 3 is 2.28 bits per heavy atom. The van der Waals surface area contributed by atoms with Crippen molar-refractivity contribution in [1.82, 2.24) is 25.1 Å². The molecular formula is C23H22N6O2S. The quantitative estimate of drug-likeness (QED) is 0.446. The number of hydrogen-bond donors (Lipinski definition) is 2. The Morgan fingerprint density at radius 2 is 1.56 bits per heavy atom. The molecule has 0 saturated heterocycles. The molecule has 0 unspecified atom stereocenters. The summed E-state index contributed by atoms with van der Waals surface area (Å²) < 4.78 is 1.75. The summed E-state index contributed by atoms with van der Waals surface area (Å²) in [4.78, 5) is 33.8. The number of fused-ring (bicyclic) bond motifs is 1. The fourth-order valence-corrected chi connectivity index (χ4v) is 4.05. The van der Waals surface area contributed by atoms with Gasteiger partial charge in [0, 0.05) is 0 Å². The first-order valence-electron chi connectivity index (χ1n) is 10.0. The van der Waals surface area contributed by atoms with Crippen molar-refractivity contribution in [2.45, 2.75) is 25.8 Å². The minimum atomic E-state index is -0.601. The number of hydrogen-bond acceptors (Lipinski definition) is 6. The minimum absolute atomic E-state index is 0.0442. The van der Waals surface area contributed by atoms with Crippen LogP contribution in [0.1, 0.15) is 17.1 Å². The molecule has 4 aromatic rings. The molecule has 0 aliphatic heterocycles. The van der Waals surface area contributed by atoms with Crippen molar-refractivity contribution in [3.05, 3.63) is 71.7 Å². The van der Waals surface area contributed by atoms with E-state index >= 15 is 0 Å². The number of anilines is 1. The average Bonchev–Trinajstić information content (AvgIpc) is 3.06. The lowest BCUT2D eigenvalue weighted by Crippen LogP contribution is -2.35. The SMILES string of the molecule is Cc1nc2ccccc2nc1SCC(=O)NC(=O)Nc1c(C)nn(-c2ccccc2)c1C. The van der Waals surface area contributed by atoms with Crippen LogP contribution in [0.2, 0.25) is 0 Å². The molecule has 0 aliphatic carbocycles. The minimum Gasteiger partial charge on any atom is -0.304 e. The summed E-state index contributed by atoms with van der Waals surface area (Å²) in [6.45, 7) is 5.52. The Kier molecular flexibility index (Phi) is 6.18. The maximum Gasteiger partial charge on any atom is 0.326 e. The van der Waals surface area contributed by atoms with E-state index in [-0.39, 0.29) is 5.75 Å². The van der Waals surface area contributed by atoms with Crippen LogP contribution in [-0.2, 0) is 4.79 Å². The molecule has 2 aromatic carbocycles. The first-order chi connectivity index (χ1) is 15.4. The molecule has 4 rings (SSSR count). The topological polar surface area (TPSA) is 102 Å². The number of nitrogens with zero attached hydrogens (tertiary/aromatic N) is 4. The molecule has 0 radical (unpaired) electrons. The zero-order chi connectivity index (χ0) is 22.7. The number of para-hydroxylation sites is 3. The number of aryl methyl sites for hydroxylation is 2. The molecule has 9 heteroatoms. The van der Waals surface area contributed by atoms with Gasteiger partial charge in [0.05, 0.1) is 45.2 Å². The van der Waals surface area contributed by atoms with Gasteiger partial charge in [0.25, 0.3) is 0 Å². The van der Waals surface area contributed by atoms with E-state index in [1.54, 1.807) is 11.6 Å². The van der Waals surface area contributed by atoms with Gasteiger partial charge in [-0.1, -0.05) is 42.1 Å². The van der Waals surface area contributed by atoms with Crippen LogP contribution in [0, 0.1) is 20.8 Å². The van der Waals surface area contributed by atoms with Crippen molar-refractivity contribution in [2.75, 3.05) is 11.1 Å². The normalized spacial score (nSPS) is 10.8. The molecule has 162 valence electrons. The lowest BCUT2D eigenvalue weighted by molar-refractivity contribution is -0.117. The lowest BCUT2D eigenvalue weighted by atomic mass is 10.3. The van der Waals surface area contributed by atoms with E-state index in [1.807, 2.05) is 68.4 Å². The van der Waals surface area contributed by atoms with Gasteiger partial charge in [0.15, 0.2) is 0 Å². The molecule has 0 aliphatic rings. The van der Waals surface area contributed by atoms with Gasteiger partial charge in [-0.05, 0) is 45.0 Å². The smallest absolute Gasteiger partial charge is 0.304 e. The van der Waals surface area contributed by atoms with Crippen molar-refractivity contribution in [1.29, 1.82) is 0 Å². The molecule has 2 heterocycles. The van der Waals surface area contributed by atoms with E-state index in [1.165, 1.54) is 11.8 Å². The summed E-state index contributed by atoms with van der Waals surface area (Å²) in [5.41, 5.74) is 5.20. The molecule has 2 aromatic heterocycles. The van der Waals surface area contributed by atoms with Crippen molar-refractivity contribution >= 4 is 40.4 Å². The molecule has 2 N–H and O–H groups in total. The van der Waals surface area contributed by atoms with Crippen molar-refractivity contribution < 1.29 is 9.59 Å². The van der Waals surface area contributed by atoms with Gasteiger partial charge in [-0.3, -0.25) is 10.1 Å². The fraction of sp³-hybridized carbons (Fsp3) is 0.174. The van der Waals surface area contributed by atoms with Crippen LogP contribution in [0.4, 0.5) is 10.5 Å². The summed E-state index contributed by atoms with van der Waals surface area (Å²) in [5, 5.41) is 10.3. The van der Waals surface area contributed by atoms with E-state index < -0.39 is 11.9 Å². The number of aromatic nitrogens is 4. The fourth-order valence-electron chi connectivity index (χ4n) is 3.29. The Hall–Kier alpha value is -3.72. The van der Waals surface area contributed by atoms with Crippen LogP contribution in [-0.4, -0.2) is 37.4 Å². The molecule has 3 amide bonds. The highest BCUT2D eigenvalue weighted by molar-refractivity contribution is 7.99. The van der Waals surface area contributed by atoms with Crippen molar-refractivity contribution in [3.8, 4) is 5.69 Å². The largest absolute Gasteiger partial charge is 0.326 e. The van der Waals surface area contributed by atoms with Crippen LogP contribution in [0.15, 0.2) is 59.6 Å². The number of benzene rings is 2. The first kappa shape index (κ1) is 21.5. The Bertz CT molecular complexity index is 1300. The third kappa shape index (κ3) is 4.62. The number of thioether (sulfide) groups is 1. The summed E-state index contributed by atoms with van der Waals surface area (Å²) >= 11 is 1.24. The molecule has 0 spiro atoms. The lowest BCUT2D eigenvalue weighted by Gasteiger charge is -2.09. The number of urea groups is 1. The van der Waals surface area contributed by atoms with Crippen LogP contribution >= 0.6 is 11.8 Å². The Labute approximate surface area is 189 Å². The molecule has 0 fully saturated rings. The van der Waals surface area contributed by atoms with Gasteiger partial charge in [-0.25, -0.2) is 19.4 Å². The van der Waals surface area contributed by atoms with Gasteiger partial charge >= 0.3 is 6.03 Å². The monoisotopic (exact) mass is 446 g/mol. The van der Waals surface area contributed by atoms with Gasteiger partial charge < -0.3 is 5.32 Å². The molecule has 0 atom stereocenters. The zero-order valence-electron chi connectivity index (χ0n) is 17.9. The highest BCUT2D eigenvalue weighted by Crippen LogP contribution is 2.23. The van der Waals surface area contributed by atoms with Gasteiger partial charge in [-0.15, -0.1) is 0 Å². The third-order valence-corrected chi connectivity index (χ3v) is 5.89. The standard InChI is InChI=1S/C23H22N6O2S/c1-14-21(16(3)29(28-14)17-9-5-4-6-10-17)27-23(31)26-20(30)13-32-22-15(2)24-18-11-7-8-12-19(18)25-22/h4-12H,13H2,1-3H3,(H2,26,27,30,31). The maximum absolute atomic E-state index is 12.4. The first-order valence-corrected chi connectivity index (χ1v) is 11.0. The zero-order valence-corrected chi connectivity index (χ0v) is 18.7. The highest BCUT2D eigenvalue weighted by atomic mass is 32.2. The number of carbonyl (C=O) groups excluding carboxylic acids is 2. The van der Waals surface area contributed by atoms with E-state index in [2.05, 4.69) is 25.7 Å². The van der Waals surface area contributed by atoms with Crippen LogP contribution < -0.4 is 10.6 Å². The average molecular weight is 447 g/mol. The van der Waals surface area contributed by atoms with Gasteiger partial charge in [-0.2, -0.15) is 5.10 Å². The number of amides is 3. The molecule has 32 heavy (non-hydrogen) atoms. The number of carbonyl (C=O) groups is 2. The van der Waals surface area contributed by atoms with E-state index in [9.17, 15) is 9.59 Å². The number of imide groups is 1. The summed E-state index contributed by atoms with van der Waals surface area (Å²) in [6.07, 6.45) is 0. The third-order valence-electron chi connectivity index (χ3n) is 4.82. The Balaban J connectivity index is 1.38. The van der Waals surface area contributed by atoms with Gasteiger partial charge in [0.2, 0.25) is 5.91 Å². The van der Waals surface area contributed by atoms with Crippen molar-refractivity contribution in [3.63, 3.8) is 0 Å². The predicted octanol–water partition coefficient (Wildman–Crippen LogP) is 4.18. The van der Waals surface area contributed by atoms with Gasteiger partial charge in [0.1, 0.15) is 5.03 Å². The van der Waals surface area contributed by atoms with E-state index in [4.69, 9.17) is 0 Å². The maximum atomic E-state index is 12.4. The van der Waals surface area contributed by atoms with Crippen LogP contribution in [0.5, 0.6) is 0 Å². The molecular weight excluding hydrogens is 424 g/mol. The summed E-state index contributed by atoms with van der Waals surface area (Å²) in [6, 6.07) is 16.6. The second kappa shape index (κ2) is 9.19. The second-order valence-corrected chi connectivity index (χ2v) is 8.15. The second-order valence-electron chi connectivity index (χ2n) is 7.19. The van der Waals surface area contributed by atoms with E-state index in [0.717, 1.165) is 28.1 Å². The van der Waals surface area contributed by atoms with Crippen molar-refractivity contribution in [2.24, 2.45) is 0 Å². The summed E-state index contributed by atoms with van der Waals surface area (Å²) in [5.74, 6) is -0.379. The van der Waals surface area contributed by atoms with Crippen LogP contribution in [0.3, 0.4) is 0 Å². The molecule has 8 nitrogen and oxygen atoms in total. The highest BCUT2D eigenvalue weighted by Gasteiger charge is 2.17. The molecule has 0 bridgehead atoms. The van der Waals surface area contributed by atoms with Crippen LogP contribution in [0.25, 0.3) is 16.7 Å². The Morgan fingerprint density at radius 1 is 0.906 bits per heavy atom. The predicted molar refractivity (Wildman–Crippen MR) is 125 cm³/mol. The number of rotatable bonds is 5. The van der Waals surface area contributed by atoms with E-state index in [0.29, 0.717) is 16.4 Å².